The Kier molecular flexibility index (Phi) is 6.55. The van der Waals surface area contributed by atoms with Gasteiger partial charge in [-0.15, -0.1) is 0 Å². The minimum atomic E-state index is 0.462. The normalized spacial score (nSPS) is 20.3. The van der Waals surface area contributed by atoms with Gasteiger partial charge in [0.2, 0.25) is 0 Å². The van der Waals surface area contributed by atoms with Crippen molar-refractivity contribution in [2.45, 2.75) is 58.0 Å². The zero-order valence-corrected chi connectivity index (χ0v) is 13.1. The Hall–Kier alpha value is -0.860. The first-order valence-electron chi connectivity index (χ1n) is 8.39. The van der Waals surface area contributed by atoms with E-state index in [1.807, 2.05) is 0 Å². The summed E-state index contributed by atoms with van der Waals surface area (Å²) in [5, 5.41) is 3.73. The van der Waals surface area contributed by atoms with Gasteiger partial charge >= 0.3 is 0 Å². The maximum atomic E-state index is 3.73. The van der Waals surface area contributed by atoms with Gasteiger partial charge in [-0.2, -0.15) is 0 Å². The van der Waals surface area contributed by atoms with E-state index in [1.165, 1.54) is 50.8 Å². The average Bonchev–Trinajstić information content (AvgIpc) is 2.77. The first-order chi connectivity index (χ1) is 9.86. The molecule has 0 saturated carbocycles. The molecule has 112 valence electrons. The Morgan fingerprint density at radius 1 is 1.00 bits per heavy atom. The van der Waals surface area contributed by atoms with Gasteiger partial charge in [-0.05, 0) is 44.5 Å². The van der Waals surface area contributed by atoms with Crippen molar-refractivity contribution >= 4 is 0 Å². The van der Waals surface area contributed by atoms with Crippen molar-refractivity contribution in [1.29, 1.82) is 0 Å². The second kappa shape index (κ2) is 8.43. The van der Waals surface area contributed by atoms with Gasteiger partial charge in [0.1, 0.15) is 0 Å². The van der Waals surface area contributed by atoms with Crippen molar-refractivity contribution in [1.82, 2.24) is 10.2 Å². The molecule has 2 heteroatoms. The van der Waals surface area contributed by atoms with Crippen LogP contribution < -0.4 is 5.32 Å². The molecule has 0 amide bonds. The molecule has 2 nitrogen and oxygen atoms in total. The van der Waals surface area contributed by atoms with Gasteiger partial charge in [-0.25, -0.2) is 0 Å². The molecule has 2 rings (SSSR count). The lowest BCUT2D eigenvalue weighted by molar-refractivity contribution is 0.157. The van der Waals surface area contributed by atoms with Crippen LogP contribution in [0.15, 0.2) is 30.3 Å². The van der Waals surface area contributed by atoms with E-state index in [1.54, 1.807) is 0 Å². The molecule has 0 bridgehead atoms. The minimum Gasteiger partial charge on any atom is -0.309 e. The Bertz CT molecular complexity index is 355. The third-order valence-electron chi connectivity index (χ3n) is 4.50. The standard InChI is InChI=1S/C18H30N2/c1-3-17(20-14-10-5-6-11-15-20)18(19-4-2)16-12-8-7-9-13-16/h7-9,12-13,17-19H,3-6,10-11,14-15H2,1-2H3. The highest BCUT2D eigenvalue weighted by atomic mass is 15.2. The van der Waals surface area contributed by atoms with E-state index >= 15 is 0 Å². The van der Waals surface area contributed by atoms with E-state index in [4.69, 9.17) is 0 Å². The summed E-state index contributed by atoms with van der Waals surface area (Å²) in [6.07, 6.45) is 6.76. The van der Waals surface area contributed by atoms with Crippen molar-refractivity contribution in [3.63, 3.8) is 0 Å². The van der Waals surface area contributed by atoms with Gasteiger partial charge in [0.15, 0.2) is 0 Å². The van der Waals surface area contributed by atoms with E-state index in [0.29, 0.717) is 12.1 Å². The zero-order chi connectivity index (χ0) is 14.2. The van der Waals surface area contributed by atoms with Crippen molar-refractivity contribution in [2.75, 3.05) is 19.6 Å². The molecule has 0 aliphatic carbocycles. The average molecular weight is 274 g/mol. The Morgan fingerprint density at radius 3 is 2.20 bits per heavy atom. The summed E-state index contributed by atoms with van der Waals surface area (Å²) < 4.78 is 0. The van der Waals surface area contributed by atoms with Gasteiger partial charge in [-0.3, -0.25) is 4.90 Å². The monoisotopic (exact) mass is 274 g/mol. The number of benzene rings is 1. The van der Waals surface area contributed by atoms with E-state index < -0.39 is 0 Å². The molecule has 1 aromatic carbocycles. The van der Waals surface area contributed by atoms with Gasteiger partial charge in [0.05, 0.1) is 0 Å². The number of nitrogens with one attached hydrogen (secondary N) is 1. The van der Waals surface area contributed by atoms with E-state index in [9.17, 15) is 0 Å². The number of hydrogen-bond acceptors (Lipinski definition) is 2. The minimum absolute atomic E-state index is 0.462. The number of rotatable bonds is 6. The molecule has 1 aromatic rings. The molecule has 0 aromatic heterocycles. The van der Waals surface area contributed by atoms with Crippen molar-refractivity contribution in [3.8, 4) is 0 Å². The fourth-order valence-electron chi connectivity index (χ4n) is 3.49. The largest absolute Gasteiger partial charge is 0.309 e. The third kappa shape index (κ3) is 4.07. The van der Waals surface area contributed by atoms with Gasteiger partial charge in [0.25, 0.3) is 0 Å². The highest BCUT2D eigenvalue weighted by Gasteiger charge is 2.27. The molecule has 1 aliphatic rings. The zero-order valence-electron chi connectivity index (χ0n) is 13.1. The first-order valence-corrected chi connectivity index (χ1v) is 8.39. The third-order valence-corrected chi connectivity index (χ3v) is 4.50. The Morgan fingerprint density at radius 2 is 1.65 bits per heavy atom. The molecule has 1 fully saturated rings. The quantitative estimate of drug-likeness (QED) is 0.843. The summed E-state index contributed by atoms with van der Waals surface area (Å²) in [6.45, 7) is 8.12. The summed E-state index contributed by atoms with van der Waals surface area (Å²) >= 11 is 0. The highest BCUT2D eigenvalue weighted by Crippen LogP contribution is 2.25. The van der Waals surface area contributed by atoms with Gasteiger partial charge < -0.3 is 5.32 Å². The van der Waals surface area contributed by atoms with Gasteiger partial charge in [0, 0.05) is 12.1 Å². The number of likely N-dealkylation sites (tertiary alicyclic amines) is 1. The molecule has 1 heterocycles. The van der Waals surface area contributed by atoms with Crippen molar-refractivity contribution < 1.29 is 0 Å². The summed E-state index contributed by atoms with van der Waals surface area (Å²) in [5.41, 5.74) is 1.44. The first kappa shape index (κ1) is 15.5. The molecule has 0 radical (unpaired) electrons. The number of hydrogen-bond donors (Lipinski definition) is 1. The predicted octanol–water partition coefficient (Wildman–Crippen LogP) is 3.99. The smallest absolute Gasteiger partial charge is 0.0477 e. The maximum absolute atomic E-state index is 3.73. The van der Waals surface area contributed by atoms with Crippen molar-refractivity contribution in [3.05, 3.63) is 35.9 Å². The summed E-state index contributed by atoms with van der Waals surface area (Å²) in [6, 6.07) is 12.1. The van der Waals surface area contributed by atoms with Crippen LogP contribution in [-0.4, -0.2) is 30.6 Å². The maximum Gasteiger partial charge on any atom is 0.0477 e. The topological polar surface area (TPSA) is 15.3 Å². The molecular formula is C18H30N2. The van der Waals surface area contributed by atoms with Crippen LogP contribution in [0.5, 0.6) is 0 Å². The molecule has 0 spiro atoms. The SMILES string of the molecule is CCNC(c1ccccc1)C(CC)N1CCCCCC1. The Labute approximate surface area is 124 Å². The summed E-state index contributed by atoms with van der Waals surface area (Å²) in [5.74, 6) is 0. The fraction of sp³-hybridized carbons (Fsp3) is 0.667. The number of nitrogens with zero attached hydrogens (tertiary/aromatic N) is 1. The second-order valence-corrected chi connectivity index (χ2v) is 5.87. The van der Waals surface area contributed by atoms with Crippen LogP contribution in [0.1, 0.15) is 57.6 Å². The Balaban J connectivity index is 2.15. The predicted molar refractivity (Wildman–Crippen MR) is 87.0 cm³/mol. The van der Waals surface area contributed by atoms with Crippen LogP contribution >= 0.6 is 0 Å². The molecule has 2 atom stereocenters. The van der Waals surface area contributed by atoms with Crippen LogP contribution in [0.4, 0.5) is 0 Å². The molecule has 1 saturated heterocycles. The van der Waals surface area contributed by atoms with Crippen LogP contribution in [0, 0.1) is 0 Å². The van der Waals surface area contributed by atoms with Crippen LogP contribution in [0.3, 0.4) is 0 Å². The van der Waals surface area contributed by atoms with Gasteiger partial charge in [-0.1, -0.05) is 57.0 Å². The molecule has 1 aliphatic heterocycles. The lowest BCUT2D eigenvalue weighted by Crippen LogP contribution is -2.45. The number of likely N-dealkylation sites (N-methyl/N-ethyl adjacent to an activating group) is 1. The molecule has 2 unspecified atom stereocenters. The van der Waals surface area contributed by atoms with Crippen LogP contribution in [-0.2, 0) is 0 Å². The summed E-state index contributed by atoms with van der Waals surface area (Å²) in [4.78, 5) is 2.73. The van der Waals surface area contributed by atoms with E-state index in [-0.39, 0.29) is 0 Å². The second-order valence-electron chi connectivity index (χ2n) is 5.87. The fourth-order valence-corrected chi connectivity index (χ4v) is 3.49. The molecule has 1 N–H and O–H groups in total. The van der Waals surface area contributed by atoms with E-state index in [2.05, 4.69) is 54.4 Å². The molecular weight excluding hydrogens is 244 g/mol. The molecule has 20 heavy (non-hydrogen) atoms. The highest BCUT2D eigenvalue weighted by molar-refractivity contribution is 5.20. The van der Waals surface area contributed by atoms with E-state index in [0.717, 1.165) is 6.54 Å². The van der Waals surface area contributed by atoms with Crippen LogP contribution in [0.25, 0.3) is 0 Å². The van der Waals surface area contributed by atoms with Crippen LogP contribution in [0.2, 0.25) is 0 Å². The van der Waals surface area contributed by atoms with Crippen molar-refractivity contribution in [2.24, 2.45) is 0 Å². The lowest BCUT2D eigenvalue weighted by atomic mass is 9.95. The summed E-state index contributed by atoms with van der Waals surface area (Å²) in [7, 11) is 0. The lowest BCUT2D eigenvalue weighted by Gasteiger charge is -2.36.